The molecular weight excluding hydrogens is 1250 g/mol. The molecule has 0 saturated carbocycles. The third-order valence-corrected chi connectivity index (χ3v) is 15.6. The van der Waals surface area contributed by atoms with E-state index in [-0.39, 0.29) is 18.8 Å². The molecule has 31 heteroatoms. The van der Waals surface area contributed by atoms with Crippen LogP contribution < -0.4 is 10.6 Å². The van der Waals surface area contributed by atoms with Crippen molar-refractivity contribution in [3.63, 3.8) is 0 Å². The fourth-order valence-electron chi connectivity index (χ4n) is 10.8. The Morgan fingerprint density at radius 1 is 0.663 bits per heavy atom. The summed E-state index contributed by atoms with van der Waals surface area (Å²) in [6, 6.07) is 13.3. The Balaban J connectivity index is 1.24. The van der Waals surface area contributed by atoms with Gasteiger partial charge in [-0.3, -0.25) is 28.7 Å². The fourth-order valence-corrected chi connectivity index (χ4v) is 11.0. The predicted molar refractivity (Wildman–Crippen MR) is 302 cm³/mol. The Hall–Kier alpha value is -4.51. The highest BCUT2D eigenvalue weighted by Gasteiger charge is 2.63. The molecule has 6 aliphatic heterocycles. The molecule has 0 aliphatic carbocycles. The van der Waals surface area contributed by atoms with E-state index in [4.69, 9.17) is 111 Å². The normalized spacial score (nSPS) is 36.3. The van der Waals surface area contributed by atoms with Gasteiger partial charge in [-0.25, -0.2) is 4.79 Å². The molecule has 2 aromatic carbocycles. The molecule has 0 aromatic heterocycles. The number of esters is 4. The first-order valence-electron chi connectivity index (χ1n) is 29.0. The van der Waals surface area contributed by atoms with Gasteiger partial charge < -0.3 is 102 Å². The lowest BCUT2D eigenvalue weighted by atomic mass is 9.93. The molecule has 0 radical (unpaired) electrons. The summed E-state index contributed by atoms with van der Waals surface area (Å²) in [6.07, 6.45) is -29.0. The number of carbonyl (C=O) groups excluding carboxylic acids is 6. The molecule has 6 fully saturated rings. The number of carbonyl (C=O) groups is 6. The van der Waals surface area contributed by atoms with Crippen molar-refractivity contribution in [1.29, 1.82) is 0 Å². The zero-order valence-electron chi connectivity index (χ0n) is 50.0. The average molecular weight is 1320 g/mol. The van der Waals surface area contributed by atoms with Crippen LogP contribution >= 0.6 is 34.8 Å². The third kappa shape index (κ3) is 17.6. The van der Waals surface area contributed by atoms with Gasteiger partial charge in [0.25, 0.3) is 15.7 Å². The standard InChI is InChI=1S/C58H77Cl3N2O26/c1-9-10-17-22-74-50-36(62-27(2)65)39(69)41(33(81-50)24-75-48(71)30-18-13-11-14-19-30)84-52-47(79-29(4)67)46(43(78-28(3)66)35(83-52)26-77-55(73)56(5,6)7)86-51-37(63-54(72)58(59,60)61)44(42-34(82-51)25-76-49(85-42)31-20-15-12-16-21-31)87-57(8)88-45-40(70)38(68)32(23-64)80-53(45)89-57/h11-16,18-21,32-47,49-53,64,68-70H,9-10,17,22-26H2,1-8H3,(H,62,65)(H,63,72)/t32-,33-,34-,35-,36-,37-,38+,39-,40+,41-,42-,43+,44-,45-,46+,47-,49?,50-,51+,52+,53-,57?/m1/s1. The van der Waals surface area contributed by atoms with Crippen molar-refractivity contribution in [2.45, 2.75) is 213 Å². The van der Waals surface area contributed by atoms with Crippen molar-refractivity contribution in [2.24, 2.45) is 5.41 Å². The molecule has 22 atom stereocenters. The summed E-state index contributed by atoms with van der Waals surface area (Å²) in [4.78, 5) is 81.3. The molecule has 8 rings (SSSR count). The molecular formula is C58H77Cl3N2O26. The van der Waals surface area contributed by atoms with E-state index in [2.05, 4.69) is 10.6 Å². The molecule has 0 spiro atoms. The molecule has 496 valence electrons. The van der Waals surface area contributed by atoms with Crippen molar-refractivity contribution in [2.75, 3.05) is 33.0 Å². The Labute approximate surface area is 527 Å². The monoisotopic (exact) mass is 1320 g/mol. The van der Waals surface area contributed by atoms with E-state index in [0.717, 1.165) is 26.7 Å². The van der Waals surface area contributed by atoms with Crippen LogP contribution in [-0.4, -0.2) is 222 Å². The van der Waals surface area contributed by atoms with Crippen LogP contribution in [0.15, 0.2) is 60.7 Å². The number of alkyl halides is 3. The van der Waals surface area contributed by atoms with Crippen molar-refractivity contribution in [3.05, 3.63) is 71.8 Å². The Kier molecular flexibility index (Phi) is 24.1. The second-order valence-electron chi connectivity index (χ2n) is 23.1. The fraction of sp³-hybridized carbons (Fsp3) is 0.690. The van der Waals surface area contributed by atoms with Crippen LogP contribution in [0.5, 0.6) is 0 Å². The molecule has 6 N–H and O–H groups in total. The lowest BCUT2D eigenvalue weighted by Crippen LogP contribution is -2.72. The molecule has 0 bridgehead atoms. The first-order valence-corrected chi connectivity index (χ1v) is 30.2. The zero-order chi connectivity index (χ0) is 64.7. The van der Waals surface area contributed by atoms with Crippen molar-refractivity contribution in [1.82, 2.24) is 10.6 Å². The number of aliphatic hydroxyl groups excluding tert-OH is 4. The van der Waals surface area contributed by atoms with Crippen LogP contribution in [0.3, 0.4) is 0 Å². The maximum Gasteiger partial charge on any atom is 0.338 e. The molecule has 6 saturated heterocycles. The Morgan fingerprint density at radius 2 is 1.29 bits per heavy atom. The number of unbranched alkanes of at least 4 members (excludes halogenated alkanes) is 2. The van der Waals surface area contributed by atoms with E-state index < -0.39 is 200 Å². The highest BCUT2D eigenvalue weighted by molar-refractivity contribution is 6.76. The van der Waals surface area contributed by atoms with Gasteiger partial charge in [0.2, 0.25) is 5.91 Å². The van der Waals surface area contributed by atoms with Crippen molar-refractivity contribution >= 4 is 70.5 Å². The van der Waals surface area contributed by atoms with Gasteiger partial charge in [0.15, 0.2) is 43.7 Å². The average Bonchev–Trinajstić information content (AvgIpc) is 1.77. The van der Waals surface area contributed by atoms with E-state index in [1.807, 2.05) is 6.92 Å². The molecule has 28 nitrogen and oxygen atoms in total. The quantitative estimate of drug-likeness (QED) is 0.0426. The van der Waals surface area contributed by atoms with Crippen LogP contribution in [0.25, 0.3) is 0 Å². The summed E-state index contributed by atoms with van der Waals surface area (Å²) in [6.45, 7) is 8.79. The number of aliphatic hydroxyl groups is 4. The minimum Gasteiger partial charge on any atom is -0.462 e. The summed E-state index contributed by atoms with van der Waals surface area (Å²) in [5.41, 5.74) is -0.475. The van der Waals surface area contributed by atoms with Gasteiger partial charge in [-0.05, 0) is 39.3 Å². The van der Waals surface area contributed by atoms with Crippen molar-refractivity contribution < 1.29 is 125 Å². The topological polar surface area (TPSA) is 355 Å². The van der Waals surface area contributed by atoms with E-state index in [0.29, 0.717) is 12.0 Å². The summed E-state index contributed by atoms with van der Waals surface area (Å²) < 4.78 is 97.8. The maximum atomic E-state index is 14.2. The van der Waals surface area contributed by atoms with E-state index in [1.54, 1.807) is 69.3 Å². The maximum absolute atomic E-state index is 14.2. The van der Waals surface area contributed by atoms with Gasteiger partial charge in [0.05, 0.1) is 24.2 Å². The van der Waals surface area contributed by atoms with E-state index in [1.165, 1.54) is 26.0 Å². The first kappa shape index (κ1) is 70.4. The molecule has 89 heavy (non-hydrogen) atoms. The number of amides is 2. The van der Waals surface area contributed by atoms with E-state index in [9.17, 15) is 49.2 Å². The van der Waals surface area contributed by atoms with Gasteiger partial charge in [-0.1, -0.05) is 103 Å². The molecule has 2 aromatic rings. The van der Waals surface area contributed by atoms with E-state index >= 15 is 0 Å². The predicted octanol–water partition coefficient (Wildman–Crippen LogP) is 2.20. The second kappa shape index (κ2) is 30.5. The number of nitrogens with one attached hydrogen (secondary N) is 2. The summed E-state index contributed by atoms with van der Waals surface area (Å²) in [5, 5.41) is 49.8. The number of hydrogen-bond acceptors (Lipinski definition) is 26. The third-order valence-electron chi connectivity index (χ3n) is 15.1. The number of ether oxygens (including phenoxy) is 16. The number of benzene rings is 2. The van der Waals surface area contributed by atoms with Gasteiger partial charge in [-0.2, -0.15) is 0 Å². The van der Waals surface area contributed by atoms with Gasteiger partial charge in [0, 0.05) is 39.9 Å². The van der Waals surface area contributed by atoms with Gasteiger partial charge in [-0.15, -0.1) is 0 Å². The Morgan fingerprint density at radius 3 is 1.92 bits per heavy atom. The number of halogens is 3. The van der Waals surface area contributed by atoms with Gasteiger partial charge in [0.1, 0.15) is 98.5 Å². The van der Waals surface area contributed by atoms with Crippen LogP contribution in [0.4, 0.5) is 0 Å². The summed E-state index contributed by atoms with van der Waals surface area (Å²) >= 11 is 18.8. The van der Waals surface area contributed by atoms with Crippen LogP contribution in [0, 0.1) is 5.41 Å². The van der Waals surface area contributed by atoms with Crippen LogP contribution in [0.2, 0.25) is 0 Å². The minimum absolute atomic E-state index is 0.105. The summed E-state index contributed by atoms with van der Waals surface area (Å²) in [5.74, 6) is -7.89. The lowest BCUT2D eigenvalue weighted by molar-refractivity contribution is -0.417. The van der Waals surface area contributed by atoms with Gasteiger partial charge >= 0.3 is 23.9 Å². The minimum atomic E-state index is -2.74. The van der Waals surface area contributed by atoms with Crippen LogP contribution in [-0.2, 0) is 99.8 Å². The number of rotatable bonds is 22. The summed E-state index contributed by atoms with van der Waals surface area (Å²) in [7, 11) is 0. The zero-order valence-corrected chi connectivity index (χ0v) is 52.2. The molecule has 2 unspecified atom stereocenters. The smallest absolute Gasteiger partial charge is 0.338 e. The Bertz CT molecular complexity index is 2710. The molecule has 2 amide bonds. The van der Waals surface area contributed by atoms with Crippen LogP contribution in [0.1, 0.15) is 96.9 Å². The second-order valence-corrected chi connectivity index (χ2v) is 25.4. The highest BCUT2D eigenvalue weighted by atomic mass is 35.6. The number of hydrogen-bond donors (Lipinski definition) is 6. The lowest BCUT2D eigenvalue weighted by Gasteiger charge is -2.52. The van der Waals surface area contributed by atoms with Crippen molar-refractivity contribution in [3.8, 4) is 0 Å². The SMILES string of the molecule is CCCCCO[C@@H]1O[C@H](COC(=O)c2ccccc2)[C@@H](O[C@@H]2O[C@H](COC(=O)C(C)(C)C)[C@H](OC(C)=O)[C@H](O[C@@H]3O[C@@H]4COC(c5ccccc5)O[C@H]4[C@H](OC4(C)O[C@H]5O[C@H](CO)[C@H](O)[C@H](O)[C@H]5O4)[C@H]3NC(=O)C(Cl)(Cl)Cl)[C@H]2OC(C)=O)[C@H](O)[C@H]1NC(C)=O. The number of fused-ring (bicyclic) bond motifs is 2. The molecule has 6 aliphatic rings. The molecule has 6 heterocycles. The highest BCUT2D eigenvalue weighted by Crippen LogP contribution is 2.44. The largest absolute Gasteiger partial charge is 0.462 e. The first-order chi connectivity index (χ1) is 42.1.